The molecular weight excluding hydrogens is 409 g/mol. The Labute approximate surface area is 177 Å². The van der Waals surface area contributed by atoms with E-state index in [0.29, 0.717) is 51.8 Å². The molecule has 0 amide bonds. The SMILES string of the molecule is O=c1[nH]c2ccccc2c(=O)n1CCN1CC2CC(c3ccc(Cl)c(Cl)c3)C2C1. The number of nitrogens with one attached hydrogen (secondary N) is 1. The summed E-state index contributed by atoms with van der Waals surface area (Å²) in [6.07, 6.45) is 1.15. The summed E-state index contributed by atoms with van der Waals surface area (Å²) in [5, 5.41) is 1.75. The summed E-state index contributed by atoms with van der Waals surface area (Å²) in [6, 6.07) is 13.1. The second-order valence-corrected chi connectivity index (χ2v) is 8.95. The van der Waals surface area contributed by atoms with Crippen LogP contribution in [-0.4, -0.2) is 34.1 Å². The lowest BCUT2D eigenvalue weighted by Crippen LogP contribution is -2.38. The lowest BCUT2D eigenvalue weighted by atomic mass is 9.64. The van der Waals surface area contributed by atoms with Gasteiger partial charge in [-0.3, -0.25) is 9.36 Å². The van der Waals surface area contributed by atoms with Crippen molar-refractivity contribution in [2.75, 3.05) is 19.6 Å². The number of hydrogen-bond acceptors (Lipinski definition) is 3. The first-order chi connectivity index (χ1) is 14.0. The fourth-order valence-corrected chi connectivity index (χ4v) is 5.26. The number of likely N-dealkylation sites (tertiary alicyclic amines) is 1. The van der Waals surface area contributed by atoms with Gasteiger partial charge in [-0.25, -0.2) is 4.79 Å². The third kappa shape index (κ3) is 3.31. The van der Waals surface area contributed by atoms with Crippen molar-refractivity contribution >= 4 is 34.1 Å². The van der Waals surface area contributed by atoms with E-state index in [1.807, 2.05) is 24.3 Å². The van der Waals surface area contributed by atoms with E-state index in [1.165, 1.54) is 10.1 Å². The molecule has 1 aromatic heterocycles. The van der Waals surface area contributed by atoms with Crippen molar-refractivity contribution < 1.29 is 0 Å². The smallest absolute Gasteiger partial charge is 0.307 e. The number of para-hydroxylation sites is 1. The third-order valence-corrected chi connectivity index (χ3v) is 7.28. The summed E-state index contributed by atoms with van der Waals surface area (Å²) in [5.41, 5.74) is 1.27. The minimum absolute atomic E-state index is 0.222. The Morgan fingerprint density at radius 2 is 1.83 bits per heavy atom. The zero-order valence-electron chi connectivity index (χ0n) is 15.8. The van der Waals surface area contributed by atoms with E-state index in [9.17, 15) is 9.59 Å². The highest BCUT2D eigenvalue weighted by atomic mass is 35.5. The summed E-state index contributed by atoms with van der Waals surface area (Å²) in [6.45, 7) is 3.09. The van der Waals surface area contributed by atoms with Crippen LogP contribution in [0.5, 0.6) is 0 Å². The molecule has 3 unspecified atom stereocenters. The Kier molecular flexibility index (Phi) is 4.77. The van der Waals surface area contributed by atoms with E-state index < -0.39 is 0 Å². The average Bonchev–Trinajstić information content (AvgIpc) is 3.01. The van der Waals surface area contributed by atoms with Crippen molar-refractivity contribution in [3.63, 3.8) is 0 Å². The number of aromatic amines is 1. The van der Waals surface area contributed by atoms with Crippen LogP contribution in [0.3, 0.4) is 0 Å². The van der Waals surface area contributed by atoms with Gasteiger partial charge in [0.05, 0.1) is 20.9 Å². The summed E-state index contributed by atoms with van der Waals surface area (Å²) in [4.78, 5) is 30.2. The highest BCUT2D eigenvalue weighted by Gasteiger charge is 2.47. The predicted octanol–water partition coefficient (Wildman–Crippen LogP) is 3.73. The van der Waals surface area contributed by atoms with Gasteiger partial charge in [0.25, 0.3) is 5.56 Å². The van der Waals surface area contributed by atoms with E-state index in [2.05, 4.69) is 16.0 Å². The molecule has 2 heterocycles. The molecule has 5 nitrogen and oxygen atoms in total. The van der Waals surface area contributed by atoms with Gasteiger partial charge in [-0.05, 0) is 54.0 Å². The minimum atomic E-state index is -0.343. The summed E-state index contributed by atoms with van der Waals surface area (Å²) >= 11 is 12.2. The fourth-order valence-electron chi connectivity index (χ4n) is 4.95. The lowest BCUT2D eigenvalue weighted by molar-refractivity contribution is 0.191. The van der Waals surface area contributed by atoms with Crippen LogP contribution in [0.15, 0.2) is 52.1 Å². The number of hydrogen-bond donors (Lipinski definition) is 1. The molecule has 2 aromatic carbocycles. The standard InChI is InChI=1S/C22H21Cl2N3O2/c23-18-6-5-13(10-19(18)24)16-9-14-11-26(12-17(14)16)7-8-27-21(28)15-3-1-2-4-20(15)25-22(27)29/h1-6,10,14,16-17H,7-9,11-12H2,(H,25,29). The van der Waals surface area contributed by atoms with Crippen LogP contribution < -0.4 is 11.2 Å². The number of H-pyrrole nitrogens is 1. The van der Waals surface area contributed by atoms with Crippen LogP contribution >= 0.6 is 23.2 Å². The molecule has 1 N–H and O–H groups in total. The minimum Gasteiger partial charge on any atom is -0.307 e. The maximum atomic E-state index is 12.7. The van der Waals surface area contributed by atoms with Gasteiger partial charge < -0.3 is 9.88 Å². The number of halogens is 2. The number of benzene rings is 2. The van der Waals surface area contributed by atoms with Gasteiger partial charge in [-0.1, -0.05) is 41.4 Å². The number of fused-ring (bicyclic) bond motifs is 2. The number of rotatable bonds is 4. The van der Waals surface area contributed by atoms with Gasteiger partial charge in [0.15, 0.2) is 0 Å². The second kappa shape index (κ2) is 7.31. The van der Waals surface area contributed by atoms with Crippen LogP contribution in [-0.2, 0) is 6.54 Å². The number of aromatic nitrogens is 2. The van der Waals surface area contributed by atoms with Crippen molar-refractivity contribution in [3.05, 3.63) is 78.9 Å². The average molecular weight is 430 g/mol. The van der Waals surface area contributed by atoms with Gasteiger partial charge in [0, 0.05) is 26.2 Å². The zero-order valence-corrected chi connectivity index (χ0v) is 17.3. The molecule has 3 atom stereocenters. The Morgan fingerprint density at radius 3 is 2.66 bits per heavy atom. The number of nitrogens with zero attached hydrogens (tertiary/aromatic N) is 2. The molecule has 0 bridgehead atoms. The van der Waals surface area contributed by atoms with Gasteiger partial charge in [0.1, 0.15) is 0 Å². The van der Waals surface area contributed by atoms with E-state index in [1.54, 1.807) is 12.1 Å². The largest absolute Gasteiger partial charge is 0.328 e. The van der Waals surface area contributed by atoms with Crippen LogP contribution in [0.2, 0.25) is 10.0 Å². The van der Waals surface area contributed by atoms with Gasteiger partial charge >= 0.3 is 5.69 Å². The van der Waals surface area contributed by atoms with Crippen molar-refractivity contribution in [1.29, 1.82) is 0 Å². The molecule has 0 radical (unpaired) electrons. The Hall–Kier alpha value is -2.08. The van der Waals surface area contributed by atoms with Crippen molar-refractivity contribution in [2.45, 2.75) is 18.9 Å². The van der Waals surface area contributed by atoms with Gasteiger partial charge in [0.2, 0.25) is 0 Å². The fraction of sp³-hybridized carbons (Fsp3) is 0.364. The molecule has 0 spiro atoms. The van der Waals surface area contributed by atoms with E-state index in [0.717, 1.165) is 19.5 Å². The van der Waals surface area contributed by atoms with Crippen LogP contribution in [0, 0.1) is 11.8 Å². The van der Waals surface area contributed by atoms with Gasteiger partial charge in [-0.2, -0.15) is 0 Å². The van der Waals surface area contributed by atoms with Crippen molar-refractivity contribution in [3.8, 4) is 0 Å². The second-order valence-electron chi connectivity index (χ2n) is 8.13. The lowest BCUT2D eigenvalue weighted by Gasteiger charge is -2.40. The summed E-state index contributed by atoms with van der Waals surface area (Å²) in [7, 11) is 0. The Balaban J connectivity index is 1.28. The molecule has 150 valence electrons. The van der Waals surface area contributed by atoms with Gasteiger partial charge in [-0.15, -0.1) is 0 Å². The Morgan fingerprint density at radius 1 is 1.00 bits per heavy atom. The maximum Gasteiger partial charge on any atom is 0.328 e. The first kappa shape index (κ1) is 18.9. The van der Waals surface area contributed by atoms with E-state index >= 15 is 0 Å². The van der Waals surface area contributed by atoms with E-state index in [4.69, 9.17) is 23.2 Å². The molecule has 5 rings (SSSR count). The monoisotopic (exact) mass is 429 g/mol. The van der Waals surface area contributed by atoms with Crippen molar-refractivity contribution in [2.24, 2.45) is 11.8 Å². The maximum absolute atomic E-state index is 12.7. The molecule has 1 aliphatic heterocycles. The molecule has 2 fully saturated rings. The molecule has 1 saturated carbocycles. The molecule has 1 saturated heterocycles. The quantitative estimate of drug-likeness (QED) is 0.686. The van der Waals surface area contributed by atoms with Crippen molar-refractivity contribution in [1.82, 2.24) is 14.5 Å². The van der Waals surface area contributed by atoms with Crippen LogP contribution in [0.4, 0.5) is 0 Å². The Bertz CT molecular complexity index is 1200. The molecule has 29 heavy (non-hydrogen) atoms. The highest BCUT2D eigenvalue weighted by molar-refractivity contribution is 6.42. The molecular formula is C22H21Cl2N3O2. The van der Waals surface area contributed by atoms with Crippen LogP contribution in [0.25, 0.3) is 10.9 Å². The predicted molar refractivity (Wildman–Crippen MR) is 116 cm³/mol. The zero-order chi connectivity index (χ0) is 20.1. The molecule has 3 aromatic rings. The summed E-state index contributed by atoms with van der Waals surface area (Å²) < 4.78 is 1.32. The topological polar surface area (TPSA) is 58.1 Å². The summed E-state index contributed by atoms with van der Waals surface area (Å²) in [5.74, 6) is 1.77. The van der Waals surface area contributed by atoms with E-state index in [-0.39, 0.29) is 11.2 Å². The normalized spacial score (nSPS) is 23.9. The molecule has 7 heteroatoms. The first-order valence-corrected chi connectivity index (χ1v) is 10.7. The highest BCUT2D eigenvalue weighted by Crippen LogP contribution is 2.51. The first-order valence-electron chi connectivity index (χ1n) is 9.90. The molecule has 1 aliphatic carbocycles. The third-order valence-electron chi connectivity index (χ3n) is 6.54. The molecule has 2 aliphatic rings. The van der Waals surface area contributed by atoms with Crippen LogP contribution in [0.1, 0.15) is 17.9 Å².